The number of benzene rings is 1. The molecule has 29 heavy (non-hydrogen) atoms. The van der Waals surface area contributed by atoms with Gasteiger partial charge in [-0.05, 0) is 42.0 Å². The summed E-state index contributed by atoms with van der Waals surface area (Å²) in [5.41, 5.74) is 2.81. The second-order valence-electron chi connectivity index (χ2n) is 6.25. The maximum Gasteiger partial charge on any atom is 0.251 e. The second-order valence-corrected chi connectivity index (χ2v) is 8.22. The smallest absolute Gasteiger partial charge is 0.251 e. The predicted molar refractivity (Wildman–Crippen MR) is 120 cm³/mol. The highest BCUT2D eigenvalue weighted by Crippen LogP contribution is 2.31. The highest BCUT2D eigenvalue weighted by atomic mass is 32.2. The first-order valence-electron chi connectivity index (χ1n) is 9.07. The van der Waals surface area contributed by atoms with Gasteiger partial charge in [-0.1, -0.05) is 12.1 Å². The van der Waals surface area contributed by atoms with Crippen molar-refractivity contribution in [2.24, 2.45) is 0 Å². The largest absolute Gasteiger partial charge is 0.497 e. The summed E-state index contributed by atoms with van der Waals surface area (Å²) in [6.07, 6.45) is 8.97. The molecule has 0 radical (unpaired) electrons. The van der Waals surface area contributed by atoms with Gasteiger partial charge in [0.05, 0.1) is 17.8 Å². The van der Waals surface area contributed by atoms with E-state index < -0.39 is 0 Å². The summed E-state index contributed by atoms with van der Waals surface area (Å²) in [6.45, 7) is 0.696. The summed E-state index contributed by atoms with van der Waals surface area (Å²) in [5.74, 6) is 1.65. The van der Waals surface area contributed by atoms with Crippen LogP contribution in [0.1, 0.15) is 11.3 Å². The molecule has 7 heteroatoms. The van der Waals surface area contributed by atoms with E-state index in [1.807, 2.05) is 53.9 Å². The number of hydrogen-bond donors (Lipinski definition) is 0. The van der Waals surface area contributed by atoms with Crippen LogP contribution in [-0.4, -0.2) is 40.2 Å². The monoisotopic (exact) mass is 421 g/mol. The maximum absolute atomic E-state index is 12.7. The van der Waals surface area contributed by atoms with Gasteiger partial charge in [0.15, 0.2) is 0 Å². The number of nitrogens with zero attached hydrogens (tertiary/aromatic N) is 3. The molecule has 1 aliphatic rings. The lowest BCUT2D eigenvalue weighted by Gasteiger charge is -2.14. The number of hydrogen-bond acceptors (Lipinski definition) is 6. The van der Waals surface area contributed by atoms with E-state index in [0.717, 1.165) is 38.4 Å². The van der Waals surface area contributed by atoms with Crippen molar-refractivity contribution in [2.75, 3.05) is 19.4 Å². The summed E-state index contributed by atoms with van der Waals surface area (Å²) >= 11 is 3.25. The zero-order valence-corrected chi connectivity index (χ0v) is 17.5. The molecule has 0 spiro atoms. The van der Waals surface area contributed by atoms with Crippen LogP contribution in [0.4, 0.5) is 0 Å². The van der Waals surface area contributed by atoms with Crippen molar-refractivity contribution in [3.05, 3.63) is 76.5 Å². The Morgan fingerprint density at radius 3 is 2.86 bits per heavy atom. The molecule has 1 fully saturated rings. The third-order valence-corrected chi connectivity index (χ3v) is 6.26. The van der Waals surface area contributed by atoms with Crippen LogP contribution in [0, 0.1) is 0 Å². The van der Waals surface area contributed by atoms with Crippen LogP contribution >= 0.6 is 23.1 Å². The van der Waals surface area contributed by atoms with Crippen LogP contribution in [0.5, 0.6) is 5.75 Å². The number of ether oxygens (including phenoxy) is 1. The van der Waals surface area contributed by atoms with Gasteiger partial charge in [-0.2, -0.15) is 0 Å². The van der Waals surface area contributed by atoms with E-state index in [2.05, 4.69) is 9.97 Å². The number of rotatable bonds is 5. The molecule has 0 N–H and O–H groups in total. The van der Waals surface area contributed by atoms with Crippen molar-refractivity contribution in [1.82, 2.24) is 14.9 Å². The van der Waals surface area contributed by atoms with Crippen molar-refractivity contribution < 1.29 is 9.53 Å². The fourth-order valence-corrected chi connectivity index (χ4v) is 4.63. The molecule has 0 aliphatic carbocycles. The van der Waals surface area contributed by atoms with Gasteiger partial charge in [-0.3, -0.25) is 9.78 Å². The van der Waals surface area contributed by atoms with Crippen LogP contribution in [-0.2, 0) is 4.79 Å². The lowest BCUT2D eigenvalue weighted by Crippen LogP contribution is -2.24. The molecule has 3 aromatic rings. The first-order valence-corrected chi connectivity index (χ1v) is 10.9. The van der Waals surface area contributed by atoms with Crippen molar-refractivity contribution >= 4 is 41.2 Å². The van der Waals surface area contributed by atoms with Crippen molar-refractivity contribution in [1.29, 1.82) is 0 Å². The molecule has 1 aliphatic heterocycles. The number of aromatic nitrogens is 2. The molecule has 4 rings (SSSR count). The molecule has 0 bridgehead atoms. The Balaban J connectivity index is 1.47. The van der Waals surface area contributed by atoms with Crippen LogP contribution in [0.25, 0.3) is 22.7 Å². The van der Waals surface area contributed by atoms with Crippen molar-refractivity contribution in [3.63, 3.8) is 0 Å². The highest BCUT2D eigenvalue weighted by Gasteiger charge is 2.22. The van der Waals surface area contributed by atoms with Crippen LogP contribution < -0.4 is 4.74 Å². The quantitative estimate of drug-likeness (QED) is 0.554. The molecule has 5 nitrogen and oxygen atoms in total. The summed E-state index contributed by atoms with van der Waals surface area (Å²) in [4.78, 5) is 23.3. The minimum atomic E-state index is -0.0280. The number of methoxy groups -OCH3 is 1. The molecule has 0 saturated carbocycles. The third-order valence-electron chi connectivity index (χ3n) is 4.33. The van der Waals surface area contributed by atoms with E-state index >= 15 is 0 Å². The molecule has 0 atom stereocenters. The summed E-state index contributed by atoms with van der Waals surface area (Å²) in [6, 6.07) is 11.5. The Bertz CT molecular complexity index is 1040. The predicted octanol–water partition coefficient (Wildman–Crippen LogP) is 4.80. The van der Waals surface area contributed by atoms with Gasteiger partial charge in [0.1, 0.15) is 10.8 Å². The van der Waals surface area contributed by atoms with E-state index in [1.54, 1.807) is 53.6 Å². The second kappa shape index (κ2) is 9.07. The lowest BCUT2D eigenvalue weighted by atomic mass is 10.2. The SMILES string of the molecule is COc1ccc(/C=C/C(=O)N2CCS/C2=C/c2csc(-c3cccnc3)n2)cc1. The number of amides is 1. The molecular weight excluding hydrogens is 402 g/mol. The van der Waals surface area contributed by atoms with Gasteiger partial charge in [0, 0.05) is 41.7 Å². The van der Waals surface area contributed by atoms with Gasteiger partial charge < -0.3 is 9.64 Å². The standard InChI is InChI=1S/C22H19N3O2S2/c1-27-19-7-4-16(5-8-19)6-9-20(26)25-11-12-28-21(25)13-18-15-29-22(24-18)17-3-2-10-23-14-17/h2-10,13-15H,11-12H2,1H3/b9-6+,21-13+. The number of thioether (sulfide) groups is 1. The van der Waals surface area contributed by atoms with Crippen LogP contribution in [0.3, 0.4) is 0 Å². The van der Waals surface area contributed by atoms with Gasteiger partial charge in [-0.25, -0.2) is 4.98 Å². The molecule has 1 saturated heterocycles. The Morgan fingerprint density at radius 1 is 1.24 bits per heavy atom. The molecule has 3 heterocycles. The average Bonchev–Trinajstić information content (AvgIpc) is 3.43. The first kappa shape index (κ1) is 19.4. The fourth-order valence-electron chi connectivity index (χ4n) is 2.84. The Morgan fingerprint density at radius 2 is 2.10 bits per heavy atom. The molecule has 1 amide bonds. The third kappa shape index (κ3) is 4.75. The number of pyridine rings is 1. The average molecular weight is 422 g/mol. The molecule has 1 aromatic carbocycles. The number of carbonyl (C=O) groups excluding carboxylic acids is 1. The van der Waals surface area contributed by atoms with Gasteiger partial charge >= 0.3 is 0 Å². The molecule has 0 unspecified atom stereocenters. The van der Waals surface area contributed by atoms with Crippen LogP contribution in [0.15, 0.2) is 65.3 Å². The van der Waals surface area contributed by atoms with Crippen molar-refractivity contribution in [2.45, 2.75) is 0 Å². The Hall–Kier alpha value is -2.90. The lowest BCUT2D eigenvalue weighted by molar-refractivity contribution is -0.123. The topological polar surface area (TPSA) is 55.3 Å². The Labute approximate surface area is 177 Å². The first-order chi connectivity index (χ1) is 14.2. The van der Waals surface area contributed by atoms with E-state index in [4.69, 9.17) is 4.74 Å². The number of carbonyl (C=O) groups is 1. The van der Waals surface area contributed by atoms with Gasteiger partial charge in [0.2, 0.25) is 0 Å². The zero-order chi connectivity index (χ0) is 20.1. The zero-order valence-electron chi connectivity index (χ0n) is 15.8. The van der Waals surface area contributed by atoms with Gasteiger partial charge in [-0.15, -0.1) is 23.1 Å². The highest BCUT2D eigenvalue weighted by molar-refractivity contribution is 8.03. The maximum atomic E-state index is 12.7. The van der Waals surface area contributed by atoms with E-state index in [9.17, 15) is 4.79 Å². The van der Waals surface area contributed by atoms with E-state index in [0.29, 0.717) is 6.54 Å². The van der Waals surface area contributed by atoms with Crippen molar-refractivity contribution in [3.8, 4) is 16.3 Å². The summed E-state index contributed by atoms with van der Waals surface area (Å²) < 4.78 is 5.16. The van der Waals surface area contributed by atoms with Gasteiger partial charge in [0.25, 0.3) is 5.91 Å². The van der Waals surface area contributed by atoms with E-state index in [-0.39, 0.29) is 5.91 Å². The molecular formula is C22H19N3O2S2. The minimum absolute atomic E-state index is 0.0280. The normalized spacial score (nSPS) is 15.3. The van der Waals surface area contributed by atoms with Crippen LogP contribution in [0.2, 0.25) is 0 Å². The fraction of sp³-hybridized carbons (Fsp3) is 0.136. The Kier molecular flexibility index (Phi) is 6.07. The summed E-state index contributed by atoms with van der Waals surface area (Å²) in [5, 5.41) is 3.85. The number of thiazole rings is 1. The van der Waals surface area contributed by atoms with E-state index in [1.165, 1.54) is 0 Å². The summed E-state index contributed by atoms with van der Waals surface area (Å²) in [7, 11) is 1.63. The molecule has 146 valence electrons. The minimum Gasteiger partial charge on any atom is -0.497 e. The molecule has 2 aromatic heterocycles.